The topological polar surface area (TPSA) is 85.0 Å². The van der Waals surface area contributed by atoms with Crippen LogP contribution >= 0.6 is 0 Å². The number of halogens is 2. The zero-order valence-corrected chi connectivity index (χ0v) is 12.4. The van der Waals surface area contributed by atoms with E-state index in [9.17, 15) is 13.6 Å². The van der Waals surface area contributed by atoms with E-state index in [4.69, 9.17) is 4.52 Å². The quantitative estimate of drug-likeness (QED) is 0.888. The summed E-state index contributed by atoms with van der Waals surface area (Å²) in [6.07, 6.45) is -1.12. The molecule has 1 unspecified atom stereocenters. The number of amides is 2. The summed E-state index contributed by atoms with van der Waals surface area (Å²) in [5.74, 6) is 0.829. The third kappa shape index (κ3) is 3.80. The van der Waals surface area contributed by atoms with Gasteiger partial charge in [0.15, 0.2) is 5.82 Å². The standard InChI is InChI=1S/C13H17F2N5O2/c1-7(12-8(2)19-22-9(12)3)16-13(21)17-11-4-5-20(18-11)6-10(14)15/h4-5,7,10H,6H2,1-3H3,(H2,16,17,18,21). The van der Waals surface area contributed by atoms with E-state index in [2.05, 4.69) is 20.9 Å². The van der Waals surface area contributed by atoms with Gasteiger partial charge in [0.1, 0.15) is 12.3 Å². The molecule has 0 saturated heterocycles. The Kier molecular flexibility index (Phi) is 4.74. The summed E-state index contributed by atoms with van der Waals surface area (Å²) in [5, 5.41) is 12.9. The van der Waals surface area contributed by atoms with E-state index >= 15 is 0 Å². The summed E-state index contributed by atoms with van der Waals surface area (Å²) in [5.41, 5.74) is 1.50. The Hall–Kier alpha value is -2.45. The van der Waals surface area contributed by atoms with Crippen molar-refractivity contribution in [2.75, 3.05) is 5.32 Å². The van der Waals surface area contributed by atoms with Gasteiger partial charge in [0.05, 0.1) is 11.7 Å². The third-order valence-electron chi connectivity index (χ3n) is 3.08. The largest absolute Gasteiger partial charge is 0.361 e. The SMILES string of the molecule is Cc1noc(C)c1C(C)NC(=O)Nc1ccn(CC(F)F)n1. The summed E-state index contributed by atoms with van der Waals surface area (Å²) in [6.45, 7) is 4.83. The number of hydrogen-bond donors (Lipinski definition) is 2. The molecule has 0 fully saturated rings. The second-order valence-corrected chi connectivity index (χ2v) is 4.87. The van der Waals surface area contributed by atoms with Crippen molar-refractivity contribution in [1.29, 1.82) is 0 Å². The molecule has 0 aliphatic heterocycles. The van der Waals surface area contributed by atoms with Crippen LogP contribution in [0.2, 0.25) is 0 Å². The predicted octanol–water partition coefficient (Wildman–Crippen LogP) is 2.64. The van der Waals surface area contributed by atoms with E-state index in [0.29, 0.717) is 11.5 Å². The number of urea groups is 1. The van der Waals surface area contributed by atoms with E-state index in [1.165, 1.54) is 12.3 Å². The summed E-state index contributed by atoms with van der Waals surface area (Å²) in [4.78, 5) is 11.9. The smallest absolute Gasteiger partial charge is 0.320 e. The molecule has 9 heteroatoms. The van der Waals surface area contributed by atoms with Crippen LogP contribution in [0, 0.1) is 13.8 Å². The maximum atomic E-state index is 12.2. The van der Waals surface area contributed by atoms with Crippen molar-refractivity contribution in [1.82, 2.24) is 20.3 Å². The summed E-state index contributed by atoms with van der Waals surface area (Å²) < 4.78 is 30.6. The molecule has 0 aliphatic rings. The van der Waals surface area contributed by atoms with Crippen molar-refractivity contribution < 1.29 is 18.1 Å². The van der Waals surface area contributed by atoms with Gasteiger partial charge in [-0.15, -0.1) is 0 Å². The lowest BCUT2D eigenvalue weighted by molar-refractivity contribution is 0.122. The fraction of sp³-hybridized carbons (Fsp3) is 0.462. The number of anilines is 1. The van der Waals surface area contributed by atoms with Gasteiger partial charge in [0, 0.05) is 17.8 Å². The average Bonchev–Trinajstić information content (AvgIpc) is 2.95. The van der Waals surface area contributed by atoms with Gasteiger partial charge in [-0.1, -0.05) is 5.16 Å². The number of aromatic nitrogens is 3. The van der Waals surface area contributed by atoms with Crippen LogP contribution in [0.3, 0.4) is 0 Å². The molecule has 0 bridgehead atoms. The molecule has 0 radical (unpaired) electrons. The summed E-state index contributed by atoms with van der Waals surface area (Å²) in [7, 11) is 0. The van der Waals surface area contributed by atoms with Gasteiger partial charge < -0.3 is 9.84 Å². The molecule has 1 atom stereocenters. The first kappa shape index (κ1) is 15.9. The second-order valence-electron chi connectivity index (χ2n) is 4.87. The van der Waals surface area contributed by atoms with Gasteiger partial charge >= 0.3 is 6.03 Å². The number of carbonyl (C=O) groups is 1. The molecule has 2 heterocycles. The zero-order valence-electron chi connectivity index (χ0n) is 12.4. The Balaban J connectivity index is 1.94. The lowest BCUT2D eigenvalue weighted by Gasteiger charge is -2.13. The van der Waals surface area contributed by atoms with Crippen LogP contribution in [0.4, 0.5) is 19.4 Å². The number of carbonyl (C=O) groups excluding carboxylic acids is 1. The number of hydrogen-bond acceptors (Lipinski definition) is 4. The first-order valence-electron chi connectivity index (χ1n) is 6.68. The Morgan fingerprint density at radius 3 is 2.77 bits per heavy atom. The van der Waals surface area contributed by atoms with Crippen LogP contribution in [0.25, 0.3) is 0 Å². The molecule has 22 heavy (non-hydrogen) atoms. The van der Waals surface area contributed by atoms with E-state index in [1.807, 2.05) is 0 Å². The fourth-order valence-corrected chi connectivity index (χ4v) is 2.20. The molecular formula is C13H17F2N5O2. The predicted molar refractivity (Wildman–Crippen MR) is 74.8 cm³/mol. The molecule has 0 aromatic carbocycles. The maximum Gasteiger partial charge on any atom is 0.320 e. The molecule has 0 spiro atoms. The maximum absolute atomic E-state index is 12.2. The highest BCUT2D eigenvalue weighted by Gasteiger charge is 2.18. The monoisotopic (exact) mass is 313 g/mol. The number of nitrogens with zero attached hydrogens (tertiary/aromatic N) is 3. The Morgan fingerprint density at radius 2 is 2.18 bits per heavy atom. The second kappa shape index (κ2) is 6.54. The van der Waals surface area contributed by atoms with E-state index in [0.717, 1.165) is 10.2 Å². The molecule has 0 saturated carbocycles. The van der Waals surface area contributed by atoms with Crippen molar-refractivity contribution in [2.45, 2.75) is 39.8 Å². The third-order valence-corrected chi connectivity index (χ3v) is 3.08. The normalized spacial score (nSPS) is 12.5. The van der Waals surface area contributed by atoms with Crippen LogP contribution in [0.15, 0.2) is 16.8 Å². The first-order valence-corrected chi connectivity index (χ1v) is 6.68. The molecule has 120 valence electrons. The van der Waals surface area contributed by atoms with Crippen molar-refractivity contribution in [2.24, 2.45) is 0 Å². The molecule has 2 aromatic rings. The Bertz CT molecular complexity index is 633. The highest BCUT2D eigenvalue weighted by atomic mass is 19.3. The van der Waals surface area contributed by atoms with Gasteiger partial charge in [-0.25, -0.2) is 13.6 Å². The zero-order chi connectivity index (χ0) is 16.3. The van der Waals surface area contributed by atoms with Gasteiger partial charge in [-0.05, 0) is 20.8 Å². The minimum absolute atomic E-state index is 0.198. The molecule has 2 rings (SSSR count). The lowest BCUT2D eigenvalue weighted by atomic mass is 10.1. The number of nitrogens with one attached hydrogen (secondary N) is 2. The van der Waals surface area contributed by atoms with Crippen LogP contribution < -0.4 is 10.6 Å². The summed E-state index contributed by atoms with van der Waals surface area (Å²) in [6, 6.07) is 0.645. The molecule has 2 amide bonds. The van der Waals surface area contributed by atoms with Gasteiger partial charge in [-0.3, -0.25) is 10.00 Å². The first-order chi connectivity index (χ1) is 10.4. The van der Waals surface area contributed by atoms with E-state index < -0.39 is 19.0 Å². The average molecular weight is 313 g/mol. The molecular weight excluding hydrogens is 296 g/mol. The van der Waals surface area contributed by atoms with Crippen molar-refractivity contribution in [3.63, 3.8) is 0 Å². The Labute approximate surface area is 125 Å². The number of rotatable bonds is 5. The fourth-order valence-electron chi connectivity index (χ4n) is 2.20. The number of aryl methyl sites for hydroxylation is 2. The van der Waals surface area contributed by atoms with Crippen molar-refractivity contribution >= 4 is 11.8 Å². The van der Waals surface area contributed by atoms with Crippen LogP contribution in [0.1, 0.15) is 30.0 Å². The van der Waals surface area contributed by atoms with E-state index in [-0.39, 0.29) is 11.9 Å². The van der Waals surface area contributed by atoms with Crippen LogP contribution in [-0.2, 0) is 6.54 Å². The van der Waals surface area contributed by atoms with Crippen molar-refractivity contribution in [3.8, 4) is 0 Å². The van der Waals surface area contributed by atoms with E-state index in [1.54, 1.807) is 20.8 Å². The molecule has 0 aliphatic carbocycles. The van der Waals surface area contributed by atoms with Crippen LogP contribution in [-0.4, -0.2) is 27.4 Å². The molecule has 2 aromatic heterocycles. The van der Waals surface area contributed by atoms with Crippen molar-refractivity contribution in [3.05, 3.63) is 29.3 Å². The Morgan fingerprint density at radius 1 is 1.45 bits per heavy atom. The van der Waals surface area contributed by atoms with Gasteiger partial charge in [-0.2, -0.15) is 5.10 Å². The molecule has 2 N–H and O–H groups in total. The highest BCUT2D eigenvalue weighted by molar-refractivity contribution is 5.88. The van der Waals surface area contributed by atoms with Gasteiger partial charge in [0.2, 0.25) is 0 Å². The number of alkyl halides is 2. The molecule has 7 nitrogen and oxygen atoms in total. The minimum atomic E-state index is -2.50. The summed E-state index contributed by atoms with van der Waals surface area (Å²) >= 11 is 0. The highest BCUT2D eigenvalue weighted by Crippen LogP contribution is 2.20. The van der Waals surface area contributed by atoms with Gasteiger partial charge in [0.25, 0.3) is 6.43 Å². The lowest BCUT2D eigenvalue weighted by Crippen LogP contribution is -2.31. The van der Waals surface area contributed by atoms with Crippen LogP contribution in [0.5, 0.6) is 0 Å². The minimum Gasteiger partial charge on any atom is -0.361 e.